The van der Waals surface area contributed by atoms with E-state index in [1.807, 2.05) is 6.92 Å². The summed E-state index contributed by atoms with van der Waals surface area (Å²) >= 11 is 0. The maximum Gasteiger partial charge on any atom is 0.253 e. The highest BCUT2D eigenvalue weighted by Crippen LogP contribution is 2.24. The molecule has 0 atom stereocenters. The van der Waals surface area contributed by atoms with E-state index in [1.165, 1.54) is 25.2 Å². The zero-order chi connectivity index (χ0) is 22.6. The van der Waals surface area contributed by atoms with Gasteiger partial charge in [-0.3, -0.25) is 14.4 Å². The lowest BCUT2D eigenvalue weighted by Crippen LogP contribution is -2.35. The van der Waals surface area contributed by atoms with Crippen LogP contribution in [0.1, 0.15) is 17.3 Å². The van der Waals surface area contributed by atoms with Gasteiger partial charge in [0.05, 0.1) is 35.8 Å². The molecule has 31 heavy (non-hydrogen) atoms. The number of hydrogen-bond acceptors (Lipinski definition) is 6. The third-order valence-corrected chi connectivity index (χ3v) is 6.24. The maximum absolute atomic E-state index is 12.9. The standard InChI is InChI=1S/C20H22N4O6S/c1-3-30-14-6-4-13(5-7-14)22-19(26)12-24(2)31(28,29)15-8-9-17-16(10-15)20(27)21-11-18(25)23-17/h4-10H,3,11-12H2,1-2H3,(H,21,27)(H,22,26)(H,23,25). The summed E-state index contributed by atoms with van der Waals surface area (Å²) in [5, 5.41) is 7.55. The highest BCUT2D eigenvalue weighted by Gasteiger charge is 2.26. The van der Waals surface area contributed by atoms with E-state index >= 15 is 0 Å². The SMILES string of the molecule is CCOc1ccc(NC(=O)CN(C)S(=O)(=O)c2ccc3c(c2)C(=O)NCC(=O)N3)cc1. The number of likely N-dealkylation sites (N-methyl/N-ethyl adjacent to an activating group) is 1. The van der Waals surface area contributed by atoms with Crippen LogP contribution in [0.15, 0.2) is 47.4 Å². The average molecular weight is 446 g/mol. The van der Waals surface area contributed by atoms with Gasteiger partial charge in [-0.25, -0.2) is 8.42 Å². The van der Waals surface area contributed by atoms with Crippen molar-refractivity contribution in [3.05, 3.63) is 48.0 Å². The Balaban J connectivity index is 1.72. The molecule has 2 aromatic rings. The van der Waals surface area contributed by atoms with Crippen LogP contribution in [0.3, 0.4) is 0 Å². The lowest BCUT2D eigenvalue weighted by Gasteiger charge is -2.18. The first-order chi connectivity index (χ1) is 14.7. The summed E-state index contributed by atoms with van der Waals surface area (Å²) in [7, 11) is -2.80. The number of sulfonamides is 1. The fourth-order valence-corrected chi connectivity index (χ4v) is 4.05. The van der Waals surface area contributed by atoms with Crippen molar-refractivity contribution < 1.29 is 27.5 Å². The number of fused-ring (bicyclic) bond motifs is 1. The lowest BCUT2D eigenvalue weighted by atomic mass is 10.1. The molecule has 1 aliphatic heterocycles. The van der Waals surface area contributed by atoms with Crippen molar-refractivity contribution in [2.24, 2.45) is 0 Å². The molecule has 10 nitrogen and oxygen atoms in total. The number of nitrogens with one attached hydrogen (secondary N) is 3. The number of carbonyl (C=O) groups excluding carboxylic acids is 3. The molecule has 1 heterocycles. The fraction of sp³-hybridized carbons (Fsp3) is 0.250. The highest BCUT2D eigenvalue weighted by atomic mass is 32.2. The van der Waals surface area contributed by atoms with E-state index in [-0.39, 0.29) is 22.7 Å². The van der Waals surface area contributed by atoms with Gasteiger partial charge in [-0.1, -0.05) is 0 Å². The molecule has 0 unspecified atom stereocenters. The van der Waals surface area contributed by atoms with E-state index in [0.717, 1.165) is 4.31 Å². The number of nitrogens with zero attached hydrogens (tertiary/aromatic N) is 1. The van der Waals surface area contributed by atoms with Gasteiger partial charge < -0.3 is 20.7 Å². The minimum atomic E-state index is -4.06. The molecular weight excluding hydrogens is 424 g/mol. The van der Waals surface area contributed by atoms with Crippen LogP contribution < -0.4 is 20.7 Å². The average Bonchev–Trinajstić information content (AvgIpc) is 2.87. The largest absolute Gasteiger partial charge is 0.494 e. The molecule has 0 aromatic heterocycles. The Hall–Kier alpha value is -3.44. The molecule has 164 valence electrons. The Morgan fingerprint density at radius 2 is 1.87 bits per heavy atom. The molecule has 0 spiro atoms. The molecule has 0 radical (unpaired) electrons. The van der Waals surface area contributed by atoms with Crippen LogP contribution >= 0.6 is 0 Å². The first-order valence-corrected chi connectivity index (χ1v) is 10.9. The minimum absolute atomic E-state index is 0.0270. The van der Waals surface area contributed by atoms with E-state index in [0.29, 0.717) is 18.0 Å². The second-order valence-electron chi connectivity index (χ2n) is 6.70. The van der Waals surface area contributed by atoms with E-state index in [2.05, 4.69) is 16.0 Å². The van der Waals surface area contributed by atoms with Gasteiger partial charge in [0, 0.05) is 12.7 Å². The van der Waals surface area contributed by atoms with Gasteiger partial charge in [-0.05, 0) is 49.4 Å². The summed E-state index contributed by atoms with van der Waals surface area (Å²) in [4.78, 5) is 35.9. The Labute approximate surface area is 179 Å². The smallest absolute Gasteiger partial charge is 0.253 e. The van der Waals surface area contributed by atoms with E-state index in [1.54, 1.807) is 24.3 Å². The number of anilines is 2. The van der Waals surface area contributed by atoms with Crippen molar-refractivity contribution in [2.75, 3.05) is 37.4 Å². The number of ether oxygens (including phenoxy) is 1. The van der Waals surface area contributed by atoms with Gasteiger partial charge in [0.1, 0.15) is 5.75 Å². The number of amides is 3. The molecule has 3 N–H and O–H groups in total. The van der Waals surface area contributed by atoms with Crippen molar-refractivity contribution in [3.8, 4) is 5.75 Å². The van der Waals surface area contributed by atoms with Gasteiger partial charge in [-0.2, -0.15) is 4.31 Å². The molecular formula is C20H22N4O6S. The summed E-state index contributed by atoms with van der Waals surface area (Å²) in [6, 6.07) is 10.5. The predicted molar refractivity (Wildman–Crippen MR) is 113 cm³/mol. The van der Waals surface area contributed by atoms with Gasteiger partial charge in [0.15, 0.2) is 0 Å². The first-order valence-electron chi connectivity index (χ1n) is 9.42. The third-order valence-electron chi connectivity index (χ3n) is 4.44. The van der Waals surface area contributed by atoms with Crippen LogP contribution in [0.2, 0.25) is 0 Å². The van der Waals surface area contributed by atoms with Crippen LogP contribution in [0.4, 0.5) is 11.4 Å². The van der Waals surface area contributed by atoms with Gasteiger partial charge in [-0.15, -0.1) is 0 Å². The molecule has 2 aromatic carbocycles. The van der Waals surface area contributed by atoms with Crippen molar-refractivity contribution in [1.82, 2.24) is 9.62 Å². The molecule has 0 bridgehead atoms. The van der Waals surface area contributed by atoms with Crippen LogP contribution in [-0.4, -0.2) is 57.2 Å². The summed E-state index contributed by atoms with van der Waals surface area (Å²) in [5.74, 6) is -0.856. The summed E-state index contributed by atoms with van der Waals surface area (Å²) in [6.45, 7) is 1.74. The van der Waals surface area contributed by atoms with E-state index in [9.17, 15) is 22.8 Å². The number of carbonyl (C=O) groups is 3. The van der Waals surface area contributed by atoms with Crippen molar-refractivity contribution >= 4 is 39.1 Å². The Morgan fingerprint density at radius 3 is 2.55 bits per heavy atom. The fourth-order valence-electron chi connectivity index (χ4n) is 2.90. The minimum Gasteiger partial charge on any atom is -0.494 e. The monoisotopic (exact) mass is 446 g/mol. The summed E-state index contributed by atoms with van der Waals surface area (Å²) in [6.07, 6.45) is 0. The van der Waals surface area contributed by atoms with E-state index in [4.69, 9.17) is 4.74 Å². The summed E-state index contributed by atoms with van der Waals surface area (Å²) in [5.41, 5.74) is 0.741. The molecule has 0 aliphatic carbocycles. The maximum atomic E-state index is 12.9. The normalized spacial score (nSPS) is 13.6. The second-order valence-corrected chi connectivity index (χ2v) is 8.75. The van der Waals surface area contributed by atoms with Crippen molar-refractivity contribution in [2.45, 2.75) is 11.8 Å². The predicted octanol–water partition coefficient (Wildman–Crippen LogP) is 1.03. The Bertz CT molecular complexity index is 1110. The second kappa shape index (κ2) is 9.14. The van der Waals surface area contributed by atoms with Gasteiger partial charge in [0.2, 0.25) is 21.8 Å². The lowest BCUT2D eigenvalue weighted by molar-refractivity contribution is -0.116. The molecule has 3 rings (SSSR count). The number of benzene rings is 2. The molecule has 11 heteroatoms. The molecule has 0 saturated carbocycles. The van der Waals surface area contributed by atoms with Crippen LogP contribution in [-0.2, 0) is 19.6 Å². The first kappa shape index (κ1) is 22.2. The van der Waals surface area contributed by atoms with Crippen molar-refractivity contribution in [1.29, 1.82) is 0 Å². The Morgan fingerprint density at radius 1 is 1.16 bits per heavy atom. The molecule has 3 amide bonds. The van der Waals surface area contributed by atoms with Crippen molar-refractivity contribution in [3.63, 3.8) is 0 Å². The number of hydrogen-bond donors (Lipinski definition) is 3. The number of rotatable bonds is 7. The highest BCUT2D eigenvalue weighted by molar-refractivity contribution is 7.89. The Kier molecular flexibility index (Phi) is 6.56. The molecule has 0 fully saturated rings. The quantitative estimate of drug-likeness (QED) is 0.582. The summed E-state index contributed by atoms with van der Waals surface area (Å²) < 4.78 is 32.0. The van der Waals surface area contributed by atoms with Gasteiger partial charge in [0.25, 0.3) is 5.91 Å². The van der Waals surface area contributed by atoms with Crippen LogP contribution in [0, 0.1) is 0 Å². The molecule has 1 aliphatic rings. The zero-order valence-corrected chi connectivity index (χ0v) is 17.8. The van der Waals surface area contributed by atoms with Crippen LogP contribution in [0.25, 0.3) is 0 Å². The third kappa shape index (κ3) is 5.19. The van der Waals surface area contributed by atoms with Crippen LogP contribution in [0.5, 0.6) is 5.75 Å². The van der Waals surface area contributed by atoms with E-state index < -0.39 is 34.3 Å². The topological polar surface area (TPSA) is 134 Å². The zero-order valence-electron chi connectivity index (χ0n) is 17.0. The molecule has 0 saturated heterocycles. The van der Waals surface area contributed by atoms with Gasteiger partial charge >= 0.3 is 0 Å².